The minimum absolute atomic E-state index is 0.0712. The quantitative estimate of drug-likeness (QED) is 0.350. The van der Waals surface area contributed by atoms with Gasteiger partial charge < -0.3 is 14.2 Å². The zero-order valence-electron chi connectivity index (χ0n) is 17.6. The largest absolute Gasteiger partial charge is 0.497 e. The van der Waals surface area contributed by atoms with Crippen LogP contribution in [0.1, 0.15) is 18.9 Å². The fourth-order valence-electron chi connectivity index (χ4n) is 2.88. The van der Waals surface area contributed by atoms with Crippen molar-refractivity contribution >= 4 is 38.5 Å². The molecule has 8 nitrogen and oxygen atoms in total. The highest BCUT2D eigenvalue weighted by Gasteiger charge is 2.15. The molecule has 0 aliphatic heterocycles. The number of aromatic nitrogens is 1. The van der Waals surface area contributed by atoms with E-state index in [0.29, 0.717) is 29.2 Å². The summed E-state index contributed by atoms with van der Waals surface area (Å²) in [5.41, 5.74) is 1.21. The highest BCUT2D eigenvalue weighted by atomic mass is 35.5. The van der Waals surface area contributed by atoms with Gasteiger partial charge >= 0.3 is 5.97 Å². The van der Waals surface area contributed by atoms with E-state index in [1.807, 2.05) is 13.0 Å². The average molecular weight is 479 g/mol. The number of sulfonamides is 1. The normalized spacial score (nSPS) is 11.3. The Morgan fingerprint density at radius 1 is 1.09 bits per heavy atom. The lowest BCUT2D eigenvalue weighted by Gasteiger charge is -2.10. The fourth-order valence-corrected chi connectivity index (χ4v) is 4.11. The number of hydrogen-bond acceptors (Lipinski definition) is 7. The van der Waals surface area contributed by atoms with Gasteiger partial charge in [-0.05, 0) is 49.4 Å². The monoisotopic (exact) mass is 478 g/mol. The van der Waals surface area contributed by atoms with E-state index < -0.39 is 16.0 Å². The van der Waals surface area contributed by atoms with Gasteiger partial charge in [0, 0.05) is 23.6 Å². The SMILES string of the molecule is CCOc1ccc(S(=O)(=O)NCCC(=O)OCc2cc3ccc(OC)cc3nc2Cl)cc1. The van der Waals surface area contributed by atoms with Crippen molar-refractivity contribution in [2.75, 3.05) is 20.3 Å². The molecule has 3 aromatic rings. The van der Waals surface area contributed by atoms with Crippen molar-refractivity contribution in [2.24, 2.45) is 0 Å². The van der Waals surface area contributed by atoms with Crippen molar-refractivity contribution in [3.05, 3.63) is 59.2 Å². The Bertz CT molecular complexity index is 1200. The highest BCUT2D eigenvalue weighted by molar-refractivity contribution is 7.89. The van der Waals surface area contributed by atoms with Gasteiger partial charge in [-0.3, -0.25) is 4.79 Å². The number of methoxy groups -OCH3 is 1. The molecular weight excluding hydrogens is 456 g/mol. The Balaban J connectivity index is 1.52. The molecule has 0 aliphatic carbocycles. The maximum Gasteiger partial charge on any atom is 0.307 e. The first-order valence-electron chi connectivity index (χ1n) is 9.83. The van der Waals surface area contributed by atoms with E-state index >= 15 is 0 Å². The summed E-state index contributed by atoms with van der Waals surface area (Å²) in [6.07, 6.45) is -0.133. The van der Waals surface area contributed by atoms with Crippen LogP contribution in [0.2, 0.25) is 5.15 Å². The van der Waals surface area contributed by atoms with Gasteiger partial charge in [-0.15, -0.1) is 0 Å². The van der Waals surface area contributed by atoms with Crippen molar-refractivity contribution in [1.29, 1.82) is 0 Å². The molecule has 0 aliphatic rings. The number of benzene rings is 2. The highest BCUT2D eigenvalue weighted by Crippen LogP contribution is 2.24. The summed E-state index contributed by atoms with van der Waals surface area (Å²) in [5.74, 6) is 0.675. The topological polar surface area (TPSA) is 104 Å². The molecule has 1 aromatic heterocycles. The Labute approximate surface area is 191 Å². The summed E-state index contributed by atoms with van der Waals surface area (Å²) in [7, 11) is -2.18. The second-order valence-electron chi connectivity index (χ2n) is 6.71. The van der Waals surface area contributed by atoms with Crippen molar-refractivity contribution < 1.29 is 27.4 Å². The number of carbonyl (C=O) groups is 1. The number of fused-ring (bicyclic) bond motifs is 1. The van der Waals surface area contributed by atoms with Gasteiger partial charge in [0.05, 0.1) is 30.5 Å². The van der Waals surface area contributed by atoms with Crippen LogP contribution < -0.4 is 14.2 Å². The molecule has 0 spiro atoms. The van der Waals surface area contributed by atoms with Crippen LogP contribution in [0.3, 0.4) is 0 Å². The molecule has 0 atom stereocenters. The average Bonchev–Trinajstić information content (AvgIpc) is 2.77. The molecule has 0 fully saturated rings. The molecule has 0 unspecified atom stereocenters. The number of ether oxygens (including phenoxy) is 3. The van der Waals surface area contributed by atoms with Crippen molar-refractivity contribution in [3.63, 3.8) is 0 Å². The smallest absolute Gasteiger partial charge is 0.307 e. The summed E-state index contributed by atoms with van der Waals surface area (Å²) in [6, 6.07) is 13.2. The third-order valence-electron chi connectivity index (χ3n) is 4.51. The lowest BCUT2D eigenvalue weighted by atomic mass is 10.1. The first-order chi connectivity index (χ1) is 15.3. The Morgan fingerprint density at radius 2 is 1.81 bits per heavy atom. The van der Waals surface area contributed by atoms with Gasteiger partial charge in [0.1, 0.15) is 23.3 Å². The molecule has 0 bridgehead atoms. The van der Waals surface area contributed by atoms with Gasteiger partial charge in [-0.2, -0.15) is 0 Å². The zero-order chi connectivity index (χ0) is 23.1. The van der Waals surface area contributed by atoms with E-state index in [2.05, 4.69) is 9.71 Å². The summed E-state index contributed by atoms with van der Waals surface area (Å²) in [6.45, 7) is 2.16. The van der Waals surface area contributed by atoms with Crippen LogP contribution in [0.5, 0.6) is 11.5 Å². The van der Waals surface area contributed by atoms with Crippen LogP contribution in [0.4, 0.5) is 0 Å². The summed E-state index contributed by atoms with van der Waals surface area (Å²) in [4.78, 5) is 16.4. The molecule has 32 heavy (non-hydrogen) atoms. The Kier molecular flexibility index (Phi) is 7.89. The van der Waals surface area contributed by atoms with E-state index in [4.69, 9.17) is 25.8 Å². The molecule has 0 amide bonds. The molecule has 10 heteroatoms. The lowest BCUT2D eigenvalue weighted by Crippen LogP contribution is -2.26. The van der Waals surface area contributed by atoms with Crippen LogP contribution in [0.15, 0.2) is 53.4 Å². The minimum atomic E-state index is -3.75. The number of esters is 1. The maximum absolute atomic E-state index is 12.3. The van der Waals surface area contributed by atoms with Gasteiger partial charge in [-0.1, -0.05) is 11.6 Å². The number of nitrogens with one attached hydrogen (secondary N) is 1. The Morgan fingerprint density at radius 3 is 2.50 bits per heavy atom. The summed E-state index contributed by atoms with van der Waals surface area (Å²) < 4.78 is 42.8. The van der Waals surface area contributed by atoms with Gasteiger partial charge in [0.2, 0.25) is 10.0 Å². The molecule has 3 rings (SSSR count). The maximum atomic E-state index is 12.3. The summed E-state index contributed by atoms with van der Waals surface area (Å²) >= 11 is 6.20. The molecule has 0 radical (unpaired) electrons. The number of carbonyl (C=O) groups excluding carboxylic acids is 1. The van der Waals surface area contributed by atoms with E-state index in [9.17, 15) is 13.2 Å². The standard InChI is InChI=1S/C22H23ClN2O6S/c1-3-30-17-6-8-19(9-7-17)32(27,28)24-11-10-21(26)31-14-16-12-15-4-5-18(29-2)13-20(15)25-22(16)23/h4-9,12-13,24H,3,10-11,14H2,1-2H3. The number of halogens is 1. The second kappa shape index (κ2) is 10.6. The second-order valence-corrected chi connectivity index (χ2v) is 8.83. The minimum Gasteiger partial charge on any atom is -0.497 e. The van der Waals surface area contributed by atoms with Crippen LogP contribution >= 0.6 is 11.6 Å². The molecule has 0 saturated heterocycles. The zero-order valence-corrected chi connectivity index (χ0v) is 19.2. The molecular formula is C22H23ClN2O6S. The fraction of sp³-hybridized carbons (Fsp3) is 0.273. The molecule has 1 N–H and O–H groups in total. The Hall–Kier alpha value is -2.88. The molecule has 1 heterocycles. The number of hydrogen-bond donors (Lipinski definition) is 1. The predicted octanol–water partition coefficient (Wildman–Crippen LogP) is 3.71. The van der Waals surface area contributed by atoms with Crippen LogP contribution in [0, 0.1) is 0 Å². The van der Waals surface area contributed by atoms with Crippen LogP contribution in [0.25, 0.3) is 10.9 Å². The molecule has 0 saturated carbocycles. The lowest BCUT2D eigenvalue weighted by molar-refractivity contribution is -0.144. The van der Waals surface area contributed by atoms with Crippen LogP contribution in [-0.2, 0) is 26.2 Å². The number of pyridine rings is 1. The first-order valence-corrected chi connectivity index (χ1v) is 11.7. The van der Waals surface area contributed by atoms with E-state index in [1.54, 1.807) is 37.4 Å². The van der Waals surface area contributed by atoms with E-state index in [1.165, 1.54) is 12.1 Å². The van der Waals surface area contributed by atoms with Gasteiger partial charge in [0.25, 0.3) is 0 Å². The van der Waals surface area contributed by atoms with E-state index in [0.717, 1.165) is 5.39 Å². The van der Waals surface area contributed by atoms with Gasteiger partial charge in [-0.25, -0.2) is 18.1 Å². The molecule has 2 aromatic carbocycles. The van der Waals surface area contributed by atoms with Crippen molar-refractivity contribution in [3.8, 4) is 11.5 Å². The van der Waals surface area contributed by atoms with Crippen molar-refractivity contribution in [1.82, 2.24) is 9.71 Å². The van der Waals surface area contributed by atoms with Crippen molar-refractivity contribution in [2.45, 2.75) is 24.8 Å². The predicted molar refractivity (Wildman–Crippen MR) is 121 cm³/mol. The summed E-state index contributed by atoms with van der Waals surface area (Å²) in [5, 5.41) is 1.04. The van der Waals surface area contributed by atoms with E-state index in [-0.39, 0.29) is 29.6 Å². The third-order valence-corrected chi connectivity index (χ3v) is 6.31. The number of nitrogens with zero attached hydrogens (tertiary/aromatic N) is 1. The number of rotatable bonds is 10. The third kappa shape index (κ3) is 6.09. The first kappa shape index (κ1) is 23.8. The molecule has 170 valence electrons. The van der Waals surface area contributed by atoms with Crippen LogP contribution in [-0.4, -0.2) is 39.6 Å². The van der Waals surface area contributed by atoms with Gasteiger partial charge in [0.15, 0.2) is 0 Å².